The van der Waals surface area contributed by atoms with Crippen molar-refractivity contribution in [3.63, 3.8) is 0 Å². The predicted molar refractivity (Wildman–Crippen MR) is 242 cm³/mol. The molecule has 0 amide bonds. The van der Waals surface area contributed by atoms with Crippen molar-refractivity contribution >= 4 is 11.6 Å². The fourth-order valence-corrected chi connectivity index (χ4v) is 9.00. The number of hydrogen-bond acceptors (Lipinski definition) is 7. The summed E-state index contributed by atoms with van der Waals surface area (Å²) in [5.41, 5.74) is 19.6. The Morgan fingerprint density at radius 3 is 2.44 bits per heavy atom. The predicted octanol–water partition coefficient (Wildman–Crippen LogP) is 9.94. The highest BCUT2D eigenvalue weighted by Gasteiger charge is 2.31. The summed E-state index contributed by atoms with van der Waals surface area (Å²) in [5.74, 6) is 7.14. The van der Waals surface area contributed by atoms with E-state index in [2.05, 4.69) is 60.2 Å². The number of carbonyl (C=O) groups excluding carboxylic acids is 2. The van der Waals surface area contributed by atoms with Crippen LogP contribution in [0.25, 0.3) is 0 Å². The van der Waals surface area contributed by atoms with E-state index in [-0.39, 0.29) is 41.5 Å². The van der Waals surface area contributed by atoms with Gasteiger partial charge in [0.05, 0.1) is 19.2 Å². The van der Waals surface area contributed by atoms with Crippen LogP contribution in [0.5, 0.6) is 17.2 Å². The molecule has 2 atom stereocenters. The molecule has 1 fully saturated rings. The molecule has 5 aromatic rings. The minimum Gasteiger partial charge on any atom is -0.508 e. The molecule has 7 rings (SSSR count). The van der Waals surface area contributed by atoms with Crippen LogP contribution >= 0.6 is 0 Å². The number of H-pyrrole nitrogens is 1. The summed E-state index contributed by atoms with van der Waals surface area (Å²) in [4.78, 5) is 30.1. The van der Waals surface area contributed by atoms with Gasteiger partial charge in [0.15, 0.2) is 23.1 Å². The van der Waals surface area contributed by atoms with Crippen molar-refractivity contribution in [2.45, 2.75) is 102 Å². The zero-order valence-corrected chi connectivity index (χ0v) is 35.3. The number of nitrogens with two attached hydrogens (primary N) is 2. The summed E-state index contributed by atoms with van der Waals surface area (Å²) in [6, 6.07) is 28.8. The van der Waals surface area contributed by atoms with E-state index in [0.29, 0.717) is 54.0 Å². The van der Waals surface area contributed by atoms with Crippen molar-refractivity contribution in [3.8, 4) is 29.1 Å². The Morgan fingerprint density at radius 1 is 0.885 bits per heavy atom. The van der Waals surface area contributed by atoms with Crippen molar-refractivity contribution in [3.05, 3.63) is 160 Å². The van der Waals surface area contributed by atoms with Crippen molar-refractivity contribution in [2.24, 2.45) is 22.8 Å². The molecule has 1 aromatic heterocycles. The fourth-order valence-electron chi connectivity index (χ4n) is 9.00. The number of allylic oxidation sites excluding steroid dienone is 2. The zero-order chi connectivity index (χ0) is 42.8. The monoisotopic (exact) mass is 817 g/mol. The topological polar surface area (TPSA) is 152 Å². The van der Waals surface area contributed by atoms with Gasteiger partial charge in [-0.3, -0.25) is 9.59 Å². The molecule has 2 unspecified atom stereocenters. The van der Waals surface area contributed by atoms with Gasteiger partial charge in [-0.05, 0) is 121 Å². The Bertz CT molecular complexity index is 2400. The molecular formula is C53H59N3O5. The molecule has 0 bridgehead atoms. The molecule has 1 saturated carbocycles. The van der Waals surface area contributed by atoms with Gasteiger partial charge in [-0.15, -0.1) is 0 Å². The third-order valence-electron chi connectivity index (χ3n) is 12.8. The summed E-state index contributed by atoms with van der Waals surface area (Å²) < 4.78 is 6.12. The first-order valence-corrected chi connectivity index (χ1v) is 21.9. The van der Waals surface area contributed by atoms with Crippen LogP contribution in [0.3, 0.4) is 0 Å². The number of hydrogen-bond donors (Lipinski definition) is 5. The number of Topliss-reactive ketones (excluding diaryl/α,β-unsaturated/α-hetero) is 1. The Kier molecular flexibility index (Phi) is 14.3. The molecule has 4 aromatic carbocycles. The second-order valence-electron chi connectivity index (χ2n) is 17.2. The Morgan fingerprint density at radius 2 is 1.66 bits per heavy atom. The summed E-state index contributed by atoms with van der Waals surface area (Å²) in [5, 5.41) is 22.0. The van der Waals surface area contributed by atoms with Gasteiger partial charge in [0.1, 0.15) is 5.75 Å². The van der Waals surface area contributed by atoms with Crippen molar-refractivity contribution < 1.29 is 24.5 Å². The molecule has 1 heterocycles. The molecule has 0 radical (unpaired) electrons. The number of phenolic OH excluding ortho intramolecular Hbond substituents is 2. The summed E-state index contributed by atoms with van der Waals surface area (Å²) in [6.07, 6.45) is 16.3. The summed E-state index contributed by atoms with van der Waals surface area (Å²) in [7, 11) is 0. The normalized spacial score (nSPS) is 16.5. The highest BCUT2D eigenvalue weighted by Crippen LogP contribution is 2.44. The number of nitrogens with one attached hydrogen (secondary N) is 1. The highest BCUT2D eigenvalue weighted by molar-refractivity contribution is 5.98. The Hall–Kier alpha value is -5.88. The number of aryl methyl sites for hydroxylation is 2. The molecule has 0 aliphatic heterocycles. The number of ketones is 2. The number of aromatic nitrogens is 1. The van der Waals surface area contributed by atoms with Crippen LogP contribution in [-0.4, -0.2) is 33.4 Å². The van der Waals surface area contributed by atoms with Crippen LogP contribution in [0, 0.1) is 23.2 Å². The number of aromatic amines is 1. The van der Waals surface area contributed by atoms with E-state index in [4.69, 9.17) is 16.2 Å². The number of phenols is 2. The van der Waals surface area contributed by atoms with Gasteiger partial charge < -0.3 is 31.4 Å². The minimum absolute atomic E-state index is 0.0287. The maximum absolute atomic E-state index is 13.8. The molecule has 61 heavy (non-hydrogen) atoms. The SMILES string of the molecule is CC(CCc1ccccc1)CCC1(C=CC(=O)CCc2ccc(O)c(OCCc3ccc(O)c(C4CC(=O)c5cc[nH]c5CC#Cc5cc(C(N)N)ccc54)c3)c2)CCCC1. The number of rotatable bonds is 17. The van der Waals surface area contributed by atoms with Crippen LogP contribution in [0.1, 0.15) is 132 Å². The van der Waals surface area contributed by atoms with Gasteiger partial charge in [-0.2, -0.15) is 0 Å². The molecular weight excluding hydrogens is 759 g/mol. The first-order chi connectivity index (χ1) is 29.6. The third-order valence-corrected chi connectivity index (χ3v) is 12.8. The van der Waals surface area contributed by atoms with E-state index in [9.17, 15) is 19.8 Å². The van der Waals surface area contributed by atoms with Gasteiger partial charge in [-0.1, -0.05) is 98.3 Å². The third kappa shape index (κ3) is 11.3. The fraction of sp³-hybridized carbons (Fsp3) is 0.358. The minimum atomic E-state index is -0.687. The lowest BCUT2D eigenvalue weighted by Crippen LogP contribution is -2.20. The van der Waals surface area contributed by atoms with Crippen molar-refractivity contribution in [2.75, 3.05) is 6.61 Å². The van der Waals surface area contributed by atoms with E-state index in [0.717, 1.165) is 53.6 Å². The second-order valence-corrected chi connectivity index (χ2v) is 17.2. The number of benzene rings is 4. The largest absolute Gasteiger partial charge is 0.508 e. The Balaban J connectivity index is 0.969. The molecule has 316 valence electrons. The van der Waals surface area contributed by atoms with Crippen molar-refractivity contribution in [1.82, 2.24) is 4.98 Å². The lowest BCUT2D eigenvalue weighted by atomic mass is 9.78. The van der Waals surface area contributed by atoms with E-state index in [1.165, 1.54) is 31.2 Å². The second kappa shape index (κ2) is 20.1. The molecule has 2 aliphatic rings. The Labute approximate surface area is 360 Å². The molecule has 8 heteroatoms. The summed E-state index contributed by atoms with van der Waals surface area (Å²) in [6.45, 7) is 2.61. The molecule has 0 saturated heterocycles. The van der Waals surface area contributed by atoms with E-state index in [1.807, 2.05) is 48.5 Å². The zero-order valence-electron chi connectivity index (χ0n) is 35.3. The standard InChI is InChI=1S/C53H59N3O5/c1-36(12-13-37-8-3-2-4-9-37)22-28-53(26-5-6-27-53)29-23-42(57)18-14-38-16-21-49(59)51(33-38)61-31-25-39-15-20-48(58)46(32-39)45-35-50(60)44-24-30-56-47(44)11-7-10-40-34-41(52(54)55)17-19-43(40)45/h2-4,8-9,15-17,19-21,23-24,29-30,32-34,36,45,52,56,58-59H,5-6,11-14,18,22,25-28,31,35,54-55H2,1H3. The van der Waals surface area contributed by atoms with Crippen LogP contribution in [0.15, 0.2) is 109 Å². The number of aromatic hydroxyl groups is 2. The molecule has 8 nitrogen and oxygen atoms in total. The molecule has 7 N–H and O–H groups in total. The van der Waals surface area contributed by atoms with Gasteiger partial charge in [0, 0.05) is 53.8 Å². The average Bonchev–Trinajstić information content (AvgIpc) is 3.95. The van der Waals surface area contributed by atoms with Crippen LogP contribution in [0.4, 0.5) is 0 Å². The maximum Gasteiger partial charge on any atom is 0.165 e. The number of fused-ring (bicyclic) bond motifs is 2. The first kappa shape index (κ1) is 43.2. The first-order valence-electron chi connectivity index (χ1n) is 21.9. The average molecular weight is 818 g/mol. The number of ether oxygens (including phenoxy) is 1. The van der Waals surface area contributed by atoms with Crippen molar-refractivity contribution in [1.29, 1.82) is 0 Å². The lowest BCUT2D eigenvalue weighted by Gasteiger charge is -2.27. The number of carbonyl (C=O) groups is 2. The molecule has 0 spiro atoms. The van der Waals surface area contributed by atoms with Crippen LogP contribution < -0.4 is 16.2 Å². The lowest BCUT2D eigenvalue weighted by molar-refractivity contribution is -0.114. The summed E-state index contributed by atoms with van der Waals surface area (Å²) >= 11 is 0. The van der Waals surface area contributed by atoms with Gasteiger partial charge >= 0.3 is 0 Å². The quantitative estimate of drug-likeness (QED) is 0.0356. The van der Waals surface area contributed by atoms with Gasteiger partial charge in [0.25, 0.3) is 0 Å². The van der Waals surface area contributed by atoms with Crippen LogP contribution in [0.2, 0.25) is 0 Å². The van der Waals surface area contributed by atoms with Crippen LogP contribution in [-0.2, 0) is 30.5 Å². The van der Waals surface area contributed by atoms with E-state index >= 15 is 0 Å². The van der Waals surface area contributed by atoms with E-state index < -0.39 is 12.1 Å². The molecule has 2 aliphatic carbocycles. The van der Waals surface area contributed by atoms with E-state index in [1.54, 1.807) is 24.4 Å². The highest BCUT2D eigenvalue weighted by atomic mass is 16.5. The smallest absolute Gasteiger partial charge is 0.165 e. The maximum atomic E-state index is 13.8. The van der Waals surface area contributed by atoms with Gasteiger partial charge in [-0.25, -0.2) is 0 Å². The van der Waals surface area contributed by atoms with Gasteiger partial charge in [0.2, 0.25) is 0 Å².